The van der Waals surface area contributed by atoms with Gasteiger partial charge in [-0.2, -0.15) is 0 Å². The highest BCUT2D eigenvalue weighted by Gasteiger charge is 2.22. The number of phenolic OH excluding ortho intramolecular Hbond substituents is 1. The minimum atomic E-state index is -0.983. The highest BCUT2D eigenvalue weighted by molar-refractivity contribution is 5.68. The van der Waals surface area contributed by atoms with Crippen LogP contribution >= 0.6 is 0 Å². The molecule has 0 aliphatic heterocycles. The third-order valence-corrected chi connectivity index (χ3v) is 4.36. The lowest BCUT2D eigenvalue weighted by atomic mass is 9.78. The molecule has 2 N–H and O–H groups in total. The molecule has 2 rings (SSSR count). The normalized spacial score (nSPS) is 13.2. The molecule has 2 unspecified atom stereocenters. The van der Waals surface area contributed by atoms with E-state index in [2.05, 4.69) is 13.8 Å². The van der Waals surface area contributed by atoms with Gasteiger partial charge in [-0.25, -0.2) is 4.79 Å². The van der Waals surface area contributed by atoms with Crippen LogP contribution in [0.4, 0.5) is 0 Å². The molecule has 0 aliphatic carbocycles. The van der Waals surface area contributed by atoms with E-state index in [0.717, 1.165) is 12.8 Å². The van der Waals surface area contributed by atoms with Crippen LogP contribution in [0.3, 0.4) is 0 Å². The molecule has 24 heavy (non-hydrogen) atoms. The lowest BCUT2D eigenvalue weighted by Crippen LogP contribution is -2.11. The first-order chi connectivity index (χ1) is 11.5. The number of phenols is 1. The van der Waals surface area contributed by atoms with Crippen molar-refractivity contribution < 1.29 is 19.7 Å². The molecule has 0 bridgehead atoms. The predicted molar refractivity (Wildman–Crippen MR) is 93.7 cm³/mol. The van der Waals surface area contributed by atoms with Crippen molar-refractivity contribution in [2.75, 3.05) is 6.61 Å². The summed E-state index contributed by atoms with van der Waals surface area (Å²) in [7, 11) is 0. The molecule has 2 aromatic carbocycles. The molecule has 0 saturated carbocycles. The van der Waals surface area contributed by atoms with Gasteiger partial charge in [0.1, 0.15) is 11.5 Å². The molecule has 0 aromatic heterocycles. The zero-order chi connectivity index (χ0) is 17.5. The fraction of sp³-hybridized carbons (Fsp3) is 0.350. The average molecular weight is 328 g/mol. The molecule has 2 atom stereocenters. The minimum absolute atomic E-state index is 0.279. The smallest absolute Gasteiger partial charge is 0.341 e. The van der Waals surface area contributed by atoms with Gasteiger partial charge in [-0.1, -0.05) is 38.1 Å². The summed E-state index contributed by atoms with van der Waals surface area (Å²) in [6, 6.07) is 15.1. The van der Waals surface area contributed by atoms with E-state index in [1.165, 1.54) is 11.1 Å². The number of aliphatic carboxylic acids is 1. The summed E-state index contributed by atoms with van der Waals surface area (Å²) in [6.07, 6.45) is 2.00. The van der Waals surface area contributed by atoms with E-state index in [1.54, 1.807) is 12.1 Å². The van der Waals surface area contributed by atoms with Crippen LogP contribution in [-0.2, 0) is 4.79 Å². The largest absolute Gasteiger partial charge is 0.508 e. The Balaban J connectivity index is 2.19. The Morgan fingerprint density at radius 3 is 1.79 bits per heavy atom. The van der Waals surface area contributed by atoms with Gasteiger partial charge in [0, 0.05) is 0 Å². The Bertz CT molecular complexity index is 646. The Labute approximate surface area is 142 Å². The van der Waals surface area contributed by atoms with Crippen LogP contribution in [0.25, 0.3) is 0 Å². The van der Waals surface area contributed by atoms with Gasteiger partial charge >= 0.3 is 5.97 Å². The van der Waals surface area contributed by atoms with Gasteiger partial charge < -0.3 is 14.9 Å². The van der Waals surface area contributed by atoms with Crippen LogP contribution < -0.4 is 4.74 Å². The third kappa shape index (κ3) is 4.51. The molecule has 128 valence electrons. The lowest BCUT2D eigenvalue weighted by Gasteiger charge is -2.26. The fourth-order valence-electron chi connectivity index (χ4n) is 3.18. The van der Waals surface area contributed by atoms with Crippen LogP contribution in [0.15, 0.2) is 48.5 Å². The summed E-state index contributed by atoms with van der Waals surface area (Å²) < 4.78 is 5.19. The van der Waals surface area contributed by atoms with Crippen molar-refractivity contribution in [1.82, 2.24) is 0 Å². The van der Waals surface area contributed by atoms with E-state index < -0.39 is 5.97 Å². The van der Waals surface area contributed by atoms with Crippen molar-refractivity contribution in [3.05, 3.63) is 59.7 Å². The number of benzene rings is 2. The van der Waals surface area contributed by atoms with Crippen LogP contribution in [0.1, 0.15) is 49.7 Å². The number of hydrogen-bond donors (Lipinski definition) is 2. The first-order valence-corrected chi connectivity index (χ1v) is 8.28. The zero-order valence-corrected chi connectivity index (χ0v) is 14.1. The van der Waals surface area contributed by atoms with Crippen molar-refractivity contribution in [3.8, 4) is 11.5 Å². The second-order valence-corrected chi connectivity index (χ2v) is 5.87. The van der Waals surface area contributed by atoms with Gasteiger partial charge in [-0.15, -0.1) is 0 Å². The second kappa shape index (κ2) is 8.39. The number of hydrogen-bond acceptors (Lipinski definition) is 3. The first-order valence-electron chi connectivity index (χ1n) is 8.28. The standard InChI is InChI=1S/C20H24O4/c1-3-18(14-5-9-16(21)10-6-14)19(4-2)15-7-11-17(12-8-15)24-13-20(22)23/h5-12,18-19,21H,3-4,13H2,1-2H3,(H,22,23). The number of carbonyl (C=O) groups is 1. The van der Waals surface area contributed by atoms with Crippen LogP contribution in [0.5, 0.6) is 11.5 Å². The molecule has 0 aliphatic rings. The molecule has 4 heteroatoms. The van der Waals surface area contributed by atoms with Gasteiger partial charge in [0.2, 0.25) is 0 Å². The summed E-state index contributed by atoms with van der Waals surface area (Å²) in [4.78, 5) is 10.6. The Kier molecular flexibility index (Phi) is 6.24. The zero-order valence-electron chi connectivity index (χ0n) is 14.1. The van der Waals surface area contributed by atoms with Gasteiger partial charge in [-0.05, 0) is 60.1 Å². The molecule has 4 nitrogen and oxygen atoms in total. The van der Waals surface area contributed by atoms with Crippen molar-refractivity contribution in [2.45, 2.75) is 38.5 Å². The predicted octanol–water partition coefficient (Wildman–Crippen LogP) is 4.54. The molecule has 0 radical (unpaired) electrons. The molecule has 2 aromatic rings. The number of aromatic hydroxyl groups is 1. The van der Waals surface area contributed by atoms with Crippen molar-refractivity contribution in [3.63, 3.8) is 0 Å². The third-order valence-electron chi connectivity index (χ3n) is 4.36. The Hall–Kier alpha value is -2.49. The molecule has 0 heterocycles. The molecular weight excluding hydrogens is 304 g/mol. The maximum Gasteiger partial charge on any atom is 0.341 e. The lowest BCUT2D eigenvalue weighted by molar-refractivity contribution is -0.139. The van der Waals surface area contributed by atoms with E-state index in [9.17, 15) is 9.90 Å². The quantitative estimate of drug-likeness (QED) is 0.746. The maximum absolute atomic E-state index is 10.6. The summed E-state index contributed by atoms with van der Waals surface area (Å²) in [5.74, 6) is 0.577. The summed E-state index contributed by atoms with van der Waals surface area (Å²) in [5, 5.41) is 18.2. The molecule has 0 fully saturated rings. The Morgan fingerprint density at radius 2 is 1.38 bits per heavy atom. The topological polar surface area (TPSA) is 66.8 Å². The van der Waals surface area contributed by atoms with Crippen LogP contribution in [-0.4, -0.2) is 22.8 Å². The van der Waals surface area contributed by atoms with E-state index in [4.69, 9.17) is 9.84 Å². The second-order valence-electron chi connectivity index (χ2n) is 5.87. The van der Waals surface area contributed by atoms with E-state index in [0.29, 0.717) is 17.6 Å². The van der Waals surface area contributed by atoms with Gasteiger partial charge in [-0.3, -0.25) is 0 Å². The Morgan fingerprint density at radius 1 is 0.917 bits per heavy atom. The number of carboxylic acids is 1. The molecule has 0 saturated heterocycles. The number of ether oxygens (including phenoxy) is 1. The van der Waals surface area contributed by atoms with Crippen molar-refractivity contribution >= 4 is 5.97 Å². The van der Waals surface area contributed by atoms with E-state index in [-0.39, 0.29) is 12.4 Å². The van der Waals surface area contributed by atoms with Crippen LogP contribution in [0, 0.1) is 0 Å². The summed E-state index contributed by atoms with van der Waals surface area (Å²) in [6.45, 7) is 4.01. The number of rotatable bonds is 8. The fourth-order valence-corrected chi connectivity index (χ4v) is 3.18. The molecular formula is C20H24O4. The van der Waals surface area contributed by atoms with Gasteiger partial charge in [0.15, 0.2) is 6.61 Å². The maximum atomic E-state index is 10.6. The van der Waals surface area contributed by atoms with Gasteiger partial charge in [0.05, 0.1) is 0 Å². The summed E-state index contributed by atoms with van der Waals surface area (Å²) in [5.41, 5.74) is 2.42. The highest BCUT2D eigenvalue weighted by atomic mass is 16.5. The summed E-state index contributed by atoms with van der Waals surface area (Å²) >= 11 is 0. The van der Waals surface area contributed by atoms with Crippen molar-refractivity contribution in [1.29, 1.82) is 0 Å². The van der Waals surface area contributed by atoms with Crippen molar-refractivity contribution in [2.24, 2.45) is 0 Å². The van der Waals surface area contributed by atoms with Crippen LogP contribution in [0.2, 0.25) is 0 Å². The minimum Gasteiger partial charge on any atom is -0.508 e. The molecule has 0 amide bonds. The number of carboxylic acid groups (broad SMARTS) is 1. The van der Waals surface area contributed by atoms with E-state index in [1.807, 2.05) is 36.4 Å². The SMILES string of the molecule is CCC(c1ccc(O)cc1)C(CC)c1ccc(OCC(=O)O)cc1. The highest BCUT2D eigenvalue weighted by Crippen LogP contribution is 2.38. The average Bonchev–Trinajstić information content (AvgIpc) is 2.59. The van der Waals surface area contributed by atoms with Gasteiger partial charge in [0.25, 0.3) is 0 Å². The molecule has 0 spiro atoms. The van der Waals surface area contributed by atoms with E-state index >= 15 is 0 Å². The monoisotopic (exact) mass is 328 g/mol. The first kappa shape index (κ1) is 17.9.